The molecule has 1 saturated heterocycles. The number of guanidine groups is 1. The van der Waals surface area contributed by atoms with Crippen LogP contribution in [-0.2, 0) is 9.53 Å². The van der Waals surface area contributed by atoms with Crippen molar-refractivity contribution < 1.29 is 9.53 Å². The summed E-state index contributed by atoms with van der Waals surface area (Å²) in [6.07, 6.45) is 5.57. The number of carbonyl (C=O) groups is 1. The van der Waals surface area contributed by atoms with Crippen LogP contribution in [0.3, 0.4) is 0 Å². The van der Waals surface area contributed by atoms with E-state index in [2.05, 4.69) is 27.0 Å². The monoisotopic (exact) mass is 464 g/mol. The number of nitrogens with one attached hydrogen (secondary N) is 1. The van der Waals surface area contributed by atoms with Gasteiger partial charge in [0.25, 0.3) is 0 Å². The molecule has 2 saturated carbocycles. The third-order valence-electron chi connectivity index (χ3n) is 5.56. The fourth-order valence-corrected chi connectivity index (χ4v) is 3.74. The summed E-state index contributed by atoms with van der Waals surface area (Å²) in [5.41, 5.74) is 0. The van der Waals surface area contributed by atoms with Crippen molar-refractivity contribution in [3.8, 4) is 0 Å². The van der Waals surface area contributed by atoms with Crippen LogP contribution in [0, 0.1) is 17.8 Å². The first-order valence-corrected chi connectivity index (χ1v) is 9.39. The average molecular weight is 464 g/mol. The highest BCUT2D eigenvalue weighted by Crippen LogP contribution is 2.34. The van der Waals surface area contributed by atoms with Crippen LogP contribution in [0.2, 0.25) is 0 Å². The van der Waals surface area contributed by atoms with Crippen LogP contribution in [0.15, 0.2) is 4.99 Å². The molecule has 25 heavy (non-hydrogen) atoms. The third kappa shape index (κ3) is 5.70. The number of methoxy groups -OCH3 is 1. The minimum Gasteiger partial charge on any atom is -0.469 e. The number of carbonyl (C=O) groups excluding carboxylic acids is 1. The minimum absolute atomic E-state index is 0. The molecule has 0 aromatic heterocycles. The Morgan fingerprint density at radius 1 is 1.28 bits per heavy atom. The second-order valence-electron chi connectivity index (χ2n) is 7.66. The third-order valence-corrected chi connectivity index (χ3v) is 5.56. The molecule has 0 amide bonds. The highest BCUT2D eigenvalue weighted by Gasteiger charge is 2.37. The first-order valence-electron chi connectivity index (χ1n) is 9.39. The topological polar surface area (TPSA) is 57.2 Å². The molecule has 0 aromatic carbocycles. The van der Waals surface area contributed by atoms with E-state index < -0.39 is 0 Å². The Morgan fingerprint density at radius 2 is 2.00 bits per heavy atom. The first-order chi connectivity index (χ1) is 11.6. The Kier molecular flexibility index (Phi) is 7.79. The van der Waals surface area contributed by atoms with E-state index >= 15 is 0 Å². The lowest BCUT2D eigenvalue weighted by atomic mass is 9.99. The number of hydrogen-bond donors (Lipinski definition) is 1. The van der Waals surface area contributed by atoms with Crippen molar-refractivity contribution in [1.29, 1.82) is 0 Å². The summed E-state index contributed by atoms with van der Waals surface area (Å²) in [6, 6.07) is 0.824. The zero-order valence-electron chi connectivity index (χ0n) is 15.7. The molecular formula is C18H33IN4O2. The number of rotatable bonds is 7. The lowest BCUT2D eigenvalue weighted by Gasteiger charge is -2.25. The molecule has 0 aromatic rings. The Hall–Kier alpha value is -0.570. The van der Waals surface area contributed by atoms with Crippen molar-refractivity contribution in [2.24, 2.45) is 22.7 Å². The van der Waals surface area contributed by atoms with Gasteiger partial charge in [-0.25, -0.2) is 0 Å². The molecule has 1 aliphatic heterocycles. The molecule has 2 unspecified atom stereocenters. The molecule has 0 spiro atoms. The summed E-state index contributed by atoms with van der Waals surface area (Å²) in [7, 11) is 3.29. The Balaban J connectivity index is 0.00000225. The molecule has 0 radical (unpaired) electrons. The summed E-state index contributed by atoms with van der Waals surface area (Å²) in [5, 5.41) is 3.50. The van der Waals surface area contributed by atoms with Gasteiger partial charge in [-0.05, 0) is 37.5 Å². The fourth-order valence-electron chi connectivity index (χ4n) is 3.74. The van der Waals surface area contributed by atoms with E-state index in [1.165, 1.54) is 39.3 Å². The second kappa shape index (κ2) is 9.39. The molecular weight excluding hydrogens is 431 g/mol. The van der Waals surface area contributed by atoms with Gasteiger partial charge in [0, 0.05) is 45.8 Å². The number of esters is 1. The molecule has 3 fully saturated rings. The lowest BCUT2D eigenvalue weighted by molar-refractivity contribution is -0.145. The van der Waals surface area contributed by atoms with E-state index in [1.54, 1.807) is 0 Å². The zero-order valence-corrected chi connectivity index (χ0v) is 18.1. The van der Waals surface area contributed by atoms with Crippen molar-refractivity contribution in [3.05, 3.63) is 0 Å². The van der Waals surface area contributed by atoms with Crippen LogP contribution >= 0.6 is 24.0 Å². The van der Waals surface area contributed by atoms with E-state index in [9.17, 15) is 4.79 Å². The second-order valence-corrected chi connectivity index (χ2v) is 7.66. The predicted molar refractivity (Wildman–Crippen MR) is 110 cm³/mol. The van der Waals surface area contributed by atoms with Crippen molar-refractivity contribution in [1.82, 2.24) is 15.1 Å². The van der Waals surface area contributed by atoms with Crippen molar-refractivity contribution in [2.75, 3.05) is 46.9 Å². The standard InChI is InChI=1S/C18H32N4O2.HI/c1-13-10-22(12-16(13)17(23)24-3)18(19-2)20-8-9-21(15-6-7-15)11-14-4-5-14;/h13-16H,4-12H2,1-3H3,(H,19,20);1H. The molecule has 0 bridgehead atoms. The van der Waals surface area contributed by atoms with Crippen LogP contribution in [-0.4, -0.2) is 74.7 Å². The normalized spacial score (nSPS) is 26.6. The summed E-state index contributed by atoms with van der Waals surface area (Å²) in [5.74, 6) is 2.01. The van der Waals surface area contributed by atoms with Crippen LogP contribution in [0.1, 0.15) is 32.6 Å². The molecule has 2 aliphatic carbocycles. The van der Waals surface area contributed by atoms with E-state index in [-0.39, 0.29) is 35.9 Å². The van der Waals surface area contributed by atoms with E-state index in [1.807, 2.05) is 7.05 Å². The van der Waals surface area contributed by atoms with Gasteiger partial charge in [0.1, 0.15) is 0 Å². The van der Waals surface area contributed by atoms with Crippen LogP contribution in [0.25, 0.3) is 0 Å². The summed E-state index contributed by atoms with van der Waals surface area (Å²) in [6.45, 7) is 6.94. The van der Waals surface area contributed by atoms with Crippen LogP contribution in [0.5, 0.6) is 0 Å². The largest absolute Gasteiger partial charge is 0.469 e. The van der Waals surface area contributed by atoms with Crippen LogP contribution < -0.4 is 5.32 Å². The molecule has 144 valence electrons. The molecule has 3 aliphatic rings. The Labute approximate surface area is 168 Å². The van der Waals surface area contributed by atoms with E-state index in [4.69, 9.17) is 4.74 Å². The molecule has 7 heteroatoms. The van der Waals surface area contributed by atoms with E-state index in [0.717, 1.165) is 37.6 Å². The average Bonchev–Trinajstić information content (AvgIpc) is 3.48. The first kappa shape index (κ1) is 20.7. The van der Waals surface area contributed by atoms with Gasteiger partial charge >= 0.3 is 5.97 Å². The quantitative estimate of drug-likeness (QED) is 0.270. The predicted octanol–water partition coefficient (Wildman–Crippen LogP) is 1.80. The van der Waals surface area contributed by atoms with Gasteiger partial charge in [-0.15, -0.1) is 24.0 Å². The fraction of sp³-hybridized carbons (Fsp3) is 0.889. The minimum atomic E-state index is -0.107. The molecule has 1 heterocycles. The SMILES string of the molecule is CN=C(NCCN(CC1CC1)C1CC1)N1CC(C)C(C(=O)OC)C1.I. The maximum absolute atomic E-state index is 11.9. The number of aliphatic imine (C=N–C) groups is 1. The molecule has 3 rings (SSSR count). The molecule has 6 nitrogen and oxygen atoms in total. The van der Waals surface area contributed by atoms with Gasteiger partial charge in [0.15, 0.2) is 5.96 Å². The van der Waals surface area contributed by atoms with Crippen LogP contribution in [0.4, 0.5) is 0 Å². The van der Waals surface area contributed by atoms with Gasteiger partial charge in [0.05, 0.1) is 13.0 Å². The maximum Gasteiger partial charge on any atom is 0.310 e. The van der Waals surface area contributed by atoms with Gasteiger partial charge in [-0.1, -0.05) is 6.92 Å². The summed E-state index contributed by atoms with van der Waals surface area (Å²) < 4.78 is 4.92. The number of ether oxygens (including phenoxy) is 1. The number of nitrogens with zero attached hydrogens (tertiary/aromatic N) is 3. The summed E-state index contributed by atoms with van der Waals surface area (Å²) in [4.78, 5) is 21.1. The van der Waals surface area contributed by atoms with Gasteiger partial charge in [0.2, 0.25) is 0 Å². The Morgan fingerprint density at radius 3 is 2.56 bits per heavy atom. The van der Waals surface area contributed by atoms with Gasteiger partial charge in [-0.3, -0.25) is 14.7 Å². The number of likely N-dealkylation sites (tertiary alicyclic amines) is 1. The van der Waals surface area contributed by atoms with E-state index in [0.29, 0.717) is 12.5 Å². The van der Waals surface area contributed by atoms with Gasteiger partial charge in [-0.2, -0.15) is 0 Å². The summed E-state index contributed by atoms with van der Waals surface area (Å²) >= 11 is 0. The Bertz CT molecular complexity index is 480. The smallest absolute Gasteiger partial charge is 0.310 e. The van der Waals surface area contributed by atoms with Crippen molar-refractivity contribution in [2.45, 2.75) is 38.6 Å². The molecule has 1 N–H and O–H groups in total. The zero-order chi connectivity index (χ0) is 17.1. The van der Waals surface area contributed by atoms with Crippen molar-refractivity contribution >= 4 is 35.9 Å². The number of halogens is 1. The highest BCUT2D eigenvalue weighted by atomic mass is 127. The maximum atomic E-state index is 11.9. The highest BCUT2D eigenvalue weighted by molar-refractivity contribution is 14.0. The lowest BCUT2D eigenvalue weighted by Crippen LogP contribution is -2.44. The van der Waals surface area contributed by atoms with Crippen molar-refractivity contribution in [3.63, 3.8) is 0 Å². The molecule has 2 atom stereocenters. The number of hydrogen-bond acceptors (Lipinski definition) is 4. The van der Waals surface area contributed by atoms with Gasteiger partial charge < -0.3 is 15.0 Å².